The van der Waals surface area contributed by atoms with Crippen molar-refractivity contribution in [2.75, 3.05) is 7.05 Å². The highest BCUT2D eigenvalue weighted by molar-refractivity contribution is 5.16. The lowest BCUT2D eigenvalue weighted by molar-refractivity contribution is 0.554. The summed E-state index contributed by atoms with van der Waals surface area (Å²) in [5.41, 5.74) is 2.52. The predicted octanol–water partition coefficient (Wildman–Crippen LogP) is 1.67. The van der Waals surface area contributed by atoms with Crippen molar-refractivity contribution in [1.82, 2.24) is 20.3 Å². The van der Waals surface area contributed by atoms with Crippen LogP contribution in [0.2, 0.25) is 0 Å². The highest BCUT2D eigenvalue weighted by atomic mass is 15.4. The van der Waals surface area contributed by atoms with Gasteiger partial charge in [0.05, 0.1) is 11.4 Å². The molecule has 1 heterocycles. The molecule has 84 valence electrons. The quantitative estimate of drug-likeness (QED) is 0.818. The van der Waals surface area contributed by atoms with E-state index in [-0.39, 0.29) is 0 Å². The Morgan fingerprint density at radius 1 is 1.40 bits per heavy atom. The summed E-state index contributed by atoms with van der Waals surface area (Å²) in [5, 5.41) is 11.7. The van der Waals surface area contributed by atoms with Crippen molar-refractivity contribution in [3.8, 4) is 0 Å². The molecule has 1 aliphatic carbocycles. The van der Waals surface area contributed by atoms with Gasteiger partial charge in [0.2, 0.25) is 0 Å². The van der Waals surface area contributed by atoms with Gasteiger partial charge in [-0.1, -0.05) is 18.1 Å². The number of rotatable bonds is 4. The van der Waals surface area contributed by atoms with Gasteiger partial charge in [0.1, 0.15) is 0 Å². The largest absolute Gasteiger partial charge is 0.314 e. The molecule has 0 aromatic carbocycles. The molecule has 0 unspecified atom stereocenters. The Kier molecular flexibility index (Phi) is 3.36. The van der Waals surface area contributed by atoms with Crippen LogP contribution in [0.4, 0.5) is 0 Å². The Balaban J connectivity index is 2.27. The van der Waals surface area contributed by atoms with Gasteiger partial charge in [0.15, 0.2) is 0 Å². The minimum absolute atomic E-state index is 0.697. The lowest BCUT2D eigenvalue weighted by Crippen LogP contribution is -2.12. The first-order chi connectivity index (χ1) is 7.36. The molecule has 0 aliphatic heterocycles. The van der Waals surface area contributed by atoms with Gasteiger partial charge in [-0.3, -0.25) is 0 Å². The van der Waals surface area contributed by atoms with Gasteiger partial charge in [-0.2, -0.15) is 0 Å². The van der Waals surface area contributed by atoms with Crippen LogP contribution in [0.5, 0.6) is 0 Å². The van der Waals surface area contributed by atoms with Crippen molar-refractivity contribution in [2.45, 2.75) is 51.6 Å². The molecule has 0 radical (unpaired) electrons. The number of hydrogen-bond donors (Lipinski definition) is 1. The fourth-order valence-electron chi connectivity index (χ4n) is 2.53. The standard InChI is InChI=1S/C11H20N4/c1-3-15-11(9-6-4-5-7-9)10(8-12-2)13-14-15/h9,12H,3-8H2,1-2H3. The summed E-state index contributed by atoms with van der Waals surface area (Å²) >= 11 is 0. The van der Waals surface area contributed by atoms with Gasteiger partial charge in [0, 0.05) is 19.0 Å². The van der Waals surface area contributed by atoms with Crippen LogP contribution >= 0.6 is 0 Å². The molecule has 15 heavy (non-hydrogen) atoms. The van der Waals surface area contributed by atoms with Crippen molar-refractivity contribution in [3.63, 3.8) is 0 Å². The van der Waals surface area contributed by atoms with Crippen LogP contribution in [0.3, 0.4) is 0 Å². The Bertz CT molecular complexity index is 312. The minimum Gasteiger partial charge on any atom is -0.314 e. The zero-order valence-electron chi connectivity index (χ0n) is 9.66. The SMILES string of the molecule is CCn1nnc(CNC)c1C1CCCC1. The summed E-state index contributed by atoms with van der Waals surface area (Å²) in [7, 11) is 1.96. The Morgan fingerprint density at radius 2 is 2.13 bits per heavy atom. The molecule has 0 amide bonds. The molecule has 4 nitrogen and oxygen atoms in total. The molecule has 1 aliphatic rings. The topological polar surface area (TPSA) is 42.7 Å². The summed E-state index contributed by atoms with van der Waals surface area (Å²) in [4.78, 5) is 0. The maximum Gasteiger partial charge on any atom is 0.0999 e. The molecule has 0 saturated heterocycles. The lowest BCUT2D eigenvalue weighted by Gasteiger charge is -2.12. The zero-order valence-corrected chi connectivity index (χ0v) is 9.66. The second-order valence-electron chi connectivity index (χ2n) is 4.25. The molecule has 1 fully saturated rings. The van der Waals surface area contributed by atoms with Gasteiger partial charge >= 0.3 is 0 Å². The Morgan fingerprint density at radius 3 is 2.73 bits per heavy atom. The summed E-state index contributed by atoms with van der Waals surface area (Å²) < 4.78 is 2.07. The first-order valence-corrected chi connectivity index (χ1v) is 5.93. The van der Waals surface area contributed by atoms with E-state index in [2.05, 4.69) is 27.2 Å². The third kappa shape index (κ3) is 2.04. The van der Waals surface area contributed by atoms with Gasteiger partial charge in [-0.05, 0) is 26.8 Å². The van der Waals surface area contributed by atoms with Crippen molar-refractivity contribution in [1.29, 1.82) is 0 Å². The van der Waals surface area contributed by atoms with E-state index in [1.165, 1.54) is 31.4 Å². The first kappa shape index (κ1) is 10.6. The maximum absolute atomic E-state index is 4.27. The maximum atomic E-state index is 4.27. The molecule has 1 saturated carbocycles. The second-order valence-corrected chi connectivity index (χ2v) is 4.25. The van der Waals surface area contributed by atoms with Crippen LogP contribution in [0.25, 0.3) is 0 Å². The molecule has 1 N–H and O–H groups in total. The average molecular weight is 208 g/mol. The van der Waals surface area contributed by atoms with E-state index in [0.29, 0.717) is 5.92 Å². The molecule has 4 heteroatoms. The van der Waals surface area contributed by atoms with Crippen LogP contribution < -0.4 is 5.32 Å². The smallest absolute Gasteiger partial charge is 0.0999 e. The van der Waals surface area contributed by atoms with E-state index in [0.717, 1.165) is 18.8 Å². The fraction of sp³-hybridized carbons (Fsp3) is 0.818. The van der Waals surface area contributed by atoms with Gasteiger partial charge in [0.25, 0.3) is 0 Å². The monoisotopic (exact) mass is 208 g/mol. The zero-order chi connectivity index (χ0) is 10.7. The number of aryl methyl sites for hydroxylation is 1. The first-order valence-electron chi connectivity index (χ1n) is 5.93. The summed E-state index contributed by atoms with van der Waals surface area (Å²) in [6.07, 6.45) is 5.34. The van der Waals surface area contributed by atoms with Crippen LogP contribution in [-0.2, 0) is 13.1 Å². The molecule has 0 bridgehead atoms. The molecule has 2 rings (SSSR count). The average Bonchev–Trinajstić information content (AvgIpc) is 2.85. The van der Waals surface area contributed by atoms with E-state index >= 15 is 0 Å². The third-order valence-electron chi connectivity index (χ3n) is 3.23. The number of nitrogens with one attached hydrogen (secondary N) is 1. The summed E-state index contributed by atoms with van der Waals surface area (Å²) in [6, 6.07) is 0. The van der Waals surface area contributed by atoms with E-state index in [1.54, 1.807) is 0 Å². The predicted molar refractivity (Wildman–Crippen MR) is 59.7 cm³/mol. The van der Waals surface area contributed by atoms with Crippen LogP contribution in [0, 0.1) is 0 Å². The third-order valence-corrected chi connectivity index (χ3v) is 3.23. The van der Waals surface area contributed by atoms with Crippen molar-refractivity contribution in [3.05, 3.63) is 11.4 Å². The fourth-order valence-corrected chi connectivity index (χ4v) is 2.53. The molecule has 1 aromatic heterocycles. The van der Waals surface area contributed by atoms with E-state index in [9.17, 15) is 0 Å². The Hall–Kier alpha value is -0.900. The normalized spacial score (nSPS) is 17.5. The Labute approximate surface area is 91.1 Å². The second kappa shape index (κ2) is 4.75. The molecule has 0 spiro atoms. The molecule has 0 atom stereocenters. The lowest BCUT2D eigenvalue weighted by atomic mass is 10.0. The summed E-state index contributed by atoms with van der Waals surface area (Å²) in [6.45, 7) is 3.91. The van der Waals surface area contributed by atoms with Crippen molar-refractivity contribution >= 4 is 0 Å². The summed E-state index contributed by atoms with van der Waals surface area (Å²) in [5.74, 6) is 0.697. The molecular formula is C11H20N4. The van der Waals surface area contributed by atoms with Crippen molar-refractivity contribution in [2.24, 2.45) is 0 Å². The van der Waals surface area contributed by atoms with Gasteiger partial charge in [-0.25, -0.2) is 4.68 Å². The minimum atomic E-state index is 0.697. The number of hydrogen-bond acceptors (Lipinski definition) is 3. The highest BCUT2D eigenvalue weighted by Crippen LogP contribution is 2.35. The van der Waals surface area contributed by atoms with Crippen LogP contribution in [0.1, 0.15) is 49.9 Å². The number of nitrogens with zero attached hydrogens (tertiary/aromatic N) is 3. The van der Waals surface area contributed by atoms with Crippen molar-refractivity contribution < 1.29 is 0 Å². The van der Waals surface area contributed by atoms with Crippen LogP contribution in [0.15, 0.2) is 0 Å². The van der Waals surface area contributed by atoms with Crippen LogP contribution in [-0.4, -0.2) is 22.0 Å². The van der Waals surface area contributed by atoms with E-state index < -0.39 is 0 Å². The van der Waals surface area contributed by atoms with Gasteiger partial charge < -0.3 is 5.32 Å². The molecule has 1 aromatic rings. The molecular weight excluding hydrogens is 188 g/mol. The van der Waals surface area contributed by atoms with Gasteiger partial charge in [-0.15, -0.1) is 5.10 Å². The van der Waals surface area contributed by atoms with E-state index in [4.69, 9.17) is 0 Å². The van der Waals surface area contributed by atoms with E-state index in [1.807, 2.05) is 7.05 Å². The highest BCUT2D eigenvalue weighted by Gasteiger charge is 2.24. The number of aromatic nitrogens is 3.